The van der Waals surface area contributed by atoms with Gasteiger partial charge in [0.15, 0.2) is 5.69 Å². The van der Waals surface area contributed by atoms with Crippen LogP contribution in [0.5, 0.6) is 5.75 Å². The number of amides is 2. The number of alkyl halides is 3. The molecule has 1 aromatic carbocycles. The zero-order valence-corrected chi connectivity index (χ0v) is 19.5. The second-order valence-corrected chi connectivity index (χ2v) is 9.57. The number of benzene rings is 1. The molecule has 35 heavy (non-hydrogen) atoms. The van der Waals surface area contributed by atoms with Crippen LogP contribution in [-0.2, 0) is 17.4 Å². The van der Waals surface area contributed by atoms with E-state index in [2.05, 4.69) is 15.3 Å². The molecule has 188 valence electrons. The molecule has 2 aliphatic heterocycles. The van der Waals surface area contributed by atoms with Crippen molar-refractivity contribution in [1.82, 2.24) is 24.9 Å². The van der Waals surface area contributed by atoms with Crippen LogP contribution >= 0.6 is 0 Å². The van der Waals surface area contributed by atoms with Gasteiger partial charge in [-0.05, 0) is 69.5 Å². The Morgan fingerprint density at radius 3 is 2.43 bits per heavy atom. The van der Waals surface area contributed by atoms with Gasteiger partial charge in [0.25, 0.3) is 5.91 Å². The van der Waals surface area contributed by atoms with E-state index in [4.69, 9.17) is 4.74 Å². The van der Waals surface area contributed by atoms with Crippen molar-refractivity contribution in [3.05, 3.63) is 41.2 Å². The molecule has 3 heterocycles. The van der Waals surface area contributed by atoms with E-state index in [0.717, 1.165) is 50.0 Å². The summed E-state index contributed by atoms with van der Waals surface area (Å²) < 4.78 is 47.3. The number of nitrogens with one attached hydrogen (secondary N) is 1. The van der Waals surface area contributed by atoms with Gasteiger partial charge in [-0.2, -0.15) is 18.3 Å². The number of aromatic nitrogens is 2. The fourth-order valence-electron chi connectivity index (χ4n) is 5.04. The van der Waals surface area contributed by atoms with Gasteiger partial charge in [0.2, 0.25) is 5.91 Å². The number of ether oxygens (including phenoxy) is 1. The van der Waals surface area contributed by atoms with Crippen molar-refractivity contribution in [2.24, 2.45) is 0 Å². The highest BCUT2D eigenvalue weighted by Gasteiger charge is 2.47. The number of hydrogen-bond donors (Lipinski definition) is 1. The molecule has 8 nitrogen and oxygen atoms in total. The molecule has 0 bridgehead atoms. The quantitative estimate of drug-likeness (QED) is 0.644. The Hall–Kier alpha value is -3.08. The topological polar surface area (TPSA) is 79.7 Å². The zero-order valence-electron chi connectivity index (χ0n) is 19.5. The maximum Gasteiger partial charge on any atom is 0.435 e. The van der Waals surface area contributed by atoms with Crippen molar-refractivity contribution in [2.75, 3.05) is 39.8 Å². The Bertz CT molecular complexity index is 1120. The SMILES string of the molecule is COc1ccc(-n2nc(C(F)(F)F)c3c2C(=O)N(CC(=O)NC2(CN4CCCC4)CC2)CC3)cc1. The summed E-state index contributed by atoms with van der Waals surface area (Å²) in [6.45, 7) is 2.69. The minimum atomic E-state index is -4.70. The third-order valence-corrected chi connectivity index (χ3v) is 7.01. The fourth-order valence-corrected chi connectivity index (χ4v) is 5.04. The normalized spacial score (nSPS) is 19.5. The van der Waals surface area contributed by atoms with Gasteiger partial charge >= 0.3 is 6.18 Å². The first kappa shape index (κ1) is 23.7. The first-order chi connectivity index (χ1) is 16.7. The summed E-state index contributed by atoms with van der Waals surface area (Å²) in [5, 5.41) is 6.86. The summed E-state index contributed by atoms with van der Waals surface area (Å²) in [6, 6.07) is 6.26. The Balaban J connectivity index is 1.36. The average molecular weight is 492 g/mol. The molecule has 1 aliphatic carbocycles. The maximum atomic E-state index is 13.7. The van der Waals surface area contributed by atoms with E-state index in [0.29, 0.717) is 11.4 Å². The maximum absolute atomic E-state index is 13.7. The number of carbonyl (C=O) groups is 2. The fraction of sp³-hybridized carbons (Fsp3) is 0.542. The first-order valence-electron chi connectivity index (χ1n) is 11.9. The van der Waals surface area contributed by atoms with Crippen molar-refractivity contribution in [3.8, 4) is 11.4 Å². The molecule has 2 amide bonds. The van der Waals surface area contributed by atoms with Gasteiger partial charge in [-0.1, -0.05) is 0 Å². The molecule has 0 radical (unpaired) electrons. The number of methoxy groups -OCH3 is 1. The van der Waals surface area contributed by atoms with E-state index >= 15 is 0 Å². The highest BCUT2D eigenvalue weighted by Crippen LogP contribution is 2.38. The molecule has 2 fully saturated rings. The number of nitrogens with zero attached hydrogens (tertiary/aromatic N) is 4. The van der Waals surface area contributed by atoms with Crippen LogP contribution in [0.3, 0.4) is 0 Å². The Morgan fingerprint density at radius 2 is 1.83 bits per heavy atom. The van der Waals surface area contributed by atoms with Crippen molar-refractivity contribution in [2.45, 2.75) is 43.8 Å². The third-order valence-electron chi connectivity index (χ3n) is 7.01. The number of fused-ring (bicyclic) bond motifs is 1. The van der Waals surface area contributed by atoms with Crippen LogP contribution in [0.2, 0.25) is 0 Å². The van der Waals surface area contributed by atoms with Crippen LogP contribution < -0.4 is 10.1 Å². The van der Waals surface area contributed by atoms with Crippen LogP contribution in [0.25, 0.3) is 5.69 Å². The molecule has 1 saturated carbocycles. The highest BCUT2D eigenvalue weighted by molar-refractivity contribution is 5.98. The standard InChI is InChI=1S/C24H28F3N5O3/c1-35-17-6-4-16(5-7-17)32-20-18(21(29-32)24(25,26)27)8-13-31(22(20)34)14-19(33)28-23(9-10-23)15-30-11-2-3-12-30/h4-7H,2-3,8-15H2,1H3,(H,28,33). The van der Waals surface area contributed by atoms with E-state index in [-0.39, 0.29) is 42.2 Å². The van der Waals surface area contributed by atoms with Crippen molar-refractivity contribution < 1.29 is 27.5 Å². The summed E-state index contributed by atoms with van der Waals surface area (Å²) in [7, 11) is 1.48. The lowest BCUT2D eigenvalue weighted by Gasteiger charge is -2.29. The number of likely N-dealkylation sites (tertiary alicyclic amines) is 1. The summed E-state index contributed by atoms with van der Waals surface area (Å²) in [5.41, 5.74) is -1.30. The van der Waals surface area contributed by atoms with Gasteiger partial charge in [0.05, 0.1) is 24.9 Å². The largest absolute Gasteiger partial charge is 0.497 e. The zero-order chi connectivity index (χ0) is 24.8. The summed E-state index contributed by atoms with van der Waals surface area (Å²) in [5.74, 6) is -0.395. The van der Waals surface area contributed by atoms with Gasteiger partial charge in [0.1, 0.15) is 11.4 Å². The molecule has 5 rings (SSSR count). The van der Waals surface area contributed by atoms with E-state index in [9.17, 15) is 22.8 Å². The molecule has 0 atom stereocenters. The van der Waals surface area contributed by atoms with Gasteiger partial charge in [0, 0.05) is 18.7 Å². The predicted molar refractivity (Wildman–Crippen MR) is 121 cm³/mol. The lowest BCUT2D eigenvalue weighted by molar-refractivity contribution is -0.142. The molecule has 1 N–H and O–H groups in total. The molecule has 2 aromatic rings. The average Bonchev–Trinajstić information content (AvgIpc) is 3.20. The summed E-state index contributed by atoms with van der Waals surface area (Å²) >= 11 is 0. The van der Waals surface area contributed by atoms with Crippen molar-refractivity contribution in [3.63, 3.8) is 0 Å². The number of carbonyl (C=O) groups excluding carboxylic acids is 2. The van der Waals surface area contributed by atoms with Gasteiger partial charge in [-0.25, -0.2) is 4.68 Å². The van der Waals surface area contributed by atoms with Crippen LogP contribution in [0, 0.1) is 0 Å². The third kappa shape index (κ3) is 4.73. The molecule has 1 saturated heterocycles. The van der Waals surface area contributed by atoms with E-state index in [1.165, 1.54) is 12.0 Å². The molecular formula is C24H28F3N5O3. The first-order valence-corrected chi connectivity index (χ1v) is 11.9. The van der Waals surface area contributed by atoms with Gasteiger partial charge < -0.3 is 19.9 Å². The lowest BCUT2D eigenvalue weighted by atomic mass is 10.0. The monoisotopic (exact) mass is 491 g/mol. The van der Waals surface area contributed by atoms with Crippen molar-refractivity contribution in [1.29, 1.82) is 0 Å². The van der Waals surface area contributed by atoms with E-state index in [1.54, 1.807) is 24.3 Å². The van der Waals surface area contributed by atoms with E-state index in [1.807, 2.05) is 0 Å². The van der Waals surface area contributed by atoms with Crippen LogP contribution in [0.15, 0.2) is 24.3 Å². The molecular weight excluding hydrogens is 463 g/mol. The minimum Gasteiger partial charge on any atom is -0.497 e. The molecule has 0 unspecified atom stereocenters. The number of hydrogen-bond acceptors (Lipinski definition) is 5. The Labute approximate surface area is 201 Å². The second kappa shape index (κ2) is 8.85. The lowest BCUT2D eigenvalue weighted by Crippen LogP contribution is -2.50. The number of halogens is 3. The Morgan fingerprint density at radius 1 is 1.14 bits per heavy atom. The number of rotatable bonds is 7. The molecule has 1 aromatic heterocycles. The van der Waals surface area contributed by atoms with Crippen LogP contribution in [-0.4, -0.2) is 76.8 Å². The molecule has 0 spiro atoms. The Kier molecular flexibility index (Phi) is 5.98. The van der Waals surface area contributed by atoms with Crippen molar-refractivity contribution >= 4 is 11.8 Å². The van der Waals surface area contributed by atoms with Crippen LogP contribution in [0.4, 0.5) is 13.2 Å². The second-order valence-electron chi connectivity index (χ2n) is 9.57. The van der Waals surface area contributed by atoms with Gasteiger partial charge in [-0.3, -0.25) is 9.59 Å². The van der Waals surface area contributed by atoms with E-state index < -0.39 is 17.8 Å². The minimum absolute atomic E-state index is 0.0236. The summed E-state index contributed by atoms with van der Waals surface area (Å²) in [6.07, 6.45) is -0.611. The van der Waals surface area contributed by atoms with Gasteiger partial charge in [-0.15, -0.1) is 0 Å². The molecule has 3 aliphatic rings. The van der Waals surface area contributed by atoms with Crippen LogP contribution in [0.1, 0.15) is 47.4 Å². The summed E-state index contributed by atoms with van der Waals surface area (Å²) in [4.78, 5) is 29.9. The smallest absolute Gasteiger partial charge is 0.435 e. The molecule has 11 heteroatoms. The predicted octanol–water partition coefficient (Wildman–Crippen LogP) is 2.64. The highest BCUT2D eigenvalue weighted by atomic mass is 19.4.